The van der Waals surface area contributed by atoms with Gasteiger partial charge in [-0.15, -0.1) is 0 Å². The molecule has 0 aliphatic rings. The molecule has 0 aliphatic carbocycles. The minimum atomic E-state index is -0.357. The number of urea groups is 1. The van der Waals surface area contributed by atoms with Crippen molar-refractivity contribution >= 4 is 38.6 Å². The zero-order valence-electron chi connectivity index (χ0n) is 10.4. The smallest absolute Gasteiger partial charge is 0.305 e. The fourth-order valence-electron chi connectivity index (χ4n) is 1.84. The molecule has 2 aromatic carbocycles. The summed E-state index contributed by atoms with van der Waals surface area (Å²) >= 11 is 3.37. The Labute approximate surface area is 123 Å². The van der Waals surface area contributed by atoms with E-state index in [9.17, 15) is 4.79 Å². The van der Waals surface area contributed by atoms with Crippen LogP contribution in [0.25, 0.3) is 10.9 Å². The van der Waals surface area contributed by atoms with Crippen molar-refractivity contribution in [3.8, 4) is 0 Å². The van der Waals surface area contributed by atoms with Gasteiger partial charge < -0.3 is 5.32 Å². The molecule has 1 aromatic heterocycles. The summed E-state index contributed by atoms with van der Waals surface area (Å²) in [5, 5.41) is 7.96. The summed E-state index contributed by atoms with van der Waals surface area (Å²) in [6.07, 6.45) is 1.76. The molecule has 0 bridgehead atoms. The second-order valence-corrected chi connectivity index (χ2v) is 5.03. The number of nitrogens with one attached hydrogen (secondary N) is 2. The van der Waals surface area contributed by atoms with Crippen molar-refractivity contribution in [2.24, 2.45) is 0 Å². The lowest BCUT2D eigenvalue weighted by atomic mass is 10.3. The van der Waals surface area contributed by atoms with Gasteiger partial charge in [-0.1, -0.05) is 30.3 Å². The molecule has 2 N–H and O–H groups in total. The van der Waals surface area contributed by atoms with Crippen LogP contribution in [-0.2, 0) is 0 Å². The molecular weight excluding hydrogens is 320 g/mol. The number of anilines is 1. The Morgan fingerprint density at radius 2 is 1.85 bits per heavy atom. The van der Waals surface area contributed by atoms with E-state index in [0.29, 0.717) is 5.69 Å². The highest BCUT2D eigenvalue weighted by Gasteiger charge is 2.06. The third-order valence-electron chi connectivity index (χ3n) is 2.75. The molecular formula is C14H11BrN4O. The van der Waals surface area contributed by atoms with Crippen LogP contribution >= 0.6 is 15.9 Å². The molecule has 0 unspecified atom stereocenters. The Morgan fingerprint density at radius 3 is 2.65 bits per heavy atom. The van der Waals surface area contributed by atoms with E-state index < -0.39 is 0 Å². The van der Waals surface area contributed by atoms with E-state index in [1.165, 1.54) is 4.79 Å². The SMILES string of the molecule is O=C(Nc1ccccc1Br)Nn1cc2ccccc2n1. The zero-order valence-corrected chi connectivity index (χ0v) is 12.0. The van der Waals surface area contributed by atoms with Crippen molar-refractivity contribution in [1.29, 1.82) is 0 Å². The fourth-order valence-corrected chi connectivity index (χ4v) is 2.22. The maximum Gasteiger partial charge on any atom is 0.339 e. The molecule has 0 spiro atoms. The van der Waals surface area contributed by atoms with Crippen LogP contribution in [0.5, 0.6) is 0 Å². The normalized spacial score (nSPS) is 10.4. The van der Waals surface area contributed by atoms with Gasteiger partial charge in [-0.2, -0.15) is 9.89 Å². The number of benzene rings is 2. The van der Waals surface area contributed by atoms with Crippen molar-refractivity contribution in [3.05, 3.63) is 59.2 Å². The van der Waals surface area contributed by atoms with Gasteiger partial charge in [0.05, 0.1) is 17.4 Å². The minimum Gasteiger partial charge on any atom is -0.305 e. The number of carbonyl (C=O) groups excluding carboxylic acids is 1. The highest BCUT2D eigenvalue weighted by atomic mass is 79.9. The van der Waals surface area contributed by atoms with Crippen LogP contribution in [0.1, 0.15) is 0 Å². The number of nitrogens with zero attached hydrogens (tertiary/aromatic N) is 2. The van der Waals surface area contributed by atoms with Crippen LogP contribution in [0.15, 0.2) is 59.2 Å². The van der Waals surface area contributed by atoms with Crippen molar-refractivity contribution < 1.29 is 4.79 Å². The monoisotopic (exact) mass is 330 g/mol. The standard InChI is InChI=1S/C14H11BrN4O/c15-11-6-2-4-8-13(11)16-14(20)18-19-9-10-5-1-3-7-12(10)17-19/h1-9H,(H2,16,18,20). The molecule has 0 saturated heterocycles. The number of hydrogen-bond acceptors (Lipinski definition) is 2. The Kier molecular flexibility index (Phi) is 3.39. The molecule has 2 amide bonds. The third kappa shape index (κ3) is 2.65. The first-order chi connectivity index (χ1) is 9.72. The first kappa shape index (κ1) is 12.7. The topological polar surface area (TPSA) is 59.0 Å². The summed E-state index contributed by atoms with van der Waals surface area (Å²) in [6.45, 7) is 0. The quantitative estimate of drug-likeness (QED) is 0.754. The molecule has 6 heteroatoms. The average molecular weight is 331 g/mol. The Hall–Kier alpha value is -2.34. The number of para-hydroxylation sites is 1. The zero-order chi connectivity index (χ0) is 13.9. The van der Waals surface area contributed by atoms with E-state index in [2.05, 4.69) is 31.8 Å². The molecule has 100 valence electrons. The van der Waals surface area contributed by atoms with Crippen molar-refractivity contribution in [1.82, 2.24) is 9.89 Å². The molecule has 20 heavy (non-hydrogen) atoms. The Morgan fingerprint density at radius 1 is 1.10 bits per heavy atom. The highest BCUT2D eigenvalue weighted by Crippen LogP contribution is 2.21. The number of carbonyl (C=O) groups is 1. The lowest BCUT2D eigenvalue weighted by Crippen LogP contribution is -2.28. The number of halogens is 1. The van der Waals surface area contributed by atoms with Crippen LogP contribution in [0.3, 0.4) is 0 Å². The van der Waals surface area contributed by atoms with E-state index >= 15 is 0 Å². The van der Waals surface area contributed by atoms with Gasteiger partial charge in [0.1, 0.15) is 0 Å². The molecule has 0 aliphatic heterocycles. The molecule has 3 rings (SSSR count). The second kappa shape index (κ2) is 5.34. The van der Waals surface area contributed by atoms with Gasteiger partial charge in [-0.3, -0.25) is 0 Å². The van der Waals surface area contributed by atoms with E-state index in [4.69, 9.17) is 0 Å². The van der Waals surface area contributed by atoms with Crippen LogP contribution in [-0.4, -0.2) is 15.9 Å². The summed E-state index contributed by atoms with van der Waals surface area (Å²) in [4.78, 5) is 13.3. The van der Waals surface area contributed by atoms with Crippen LogP contribution in [0.2, 0.25) is 0 Å². The van der Waals surface area contributed by atoms with Crippen LogP contribution in [0, 0.1) is 0 Å². The number of amides is 2. The Balaban J connectivity index is 1.74. The Bertz CT molecular complexity index is 735. The average Bonchev–Trinajstić information content (AvgIpc) is 2.83. The van der Waals surface area contributed by atoms with Gasteiger partial charge in [0.25, 0.3) is 0 Å². The van der Waals surface area contributed by atoms with Crippen molar-refractivity contribution in [3.63, 3.8) is 0 Å². The van der Waals surface area contributed by atoms with Gasteiger partial charge in [0.15, 0.2) is 0 Å². The molecule has 5 nitrogen and oxygen atoms in total. The summed E-state index contributed by atoms with van der Waals surface area (Å²) in [5.74, 6) is 0. The number of rotatable bonds is 2. The molecule has 0 atom stereocenters. The number of fused-ring (bicyclic) bond motifs is 1. The molecule has 0 saturated carbocycles. The van der Waals surface area contributed by atoms with Gasteiger partial charge in [0.2, 0.25) is 0 Å². The van der Waals surface area contributed by atoms with E-state index in [0.717, 1.165) is 15.4 Å². The molecule has 0 radical (unpaired) electrons. The summed E-state index contributed by atoms with van der Waals surface area (Å²) < 4.78 is 0.820. The first-order valence-electron chi connectivity index (χ1n) is 5.99. The molecule has 0 fully saturated rings. The summed E-state index contributed by atoms with van der Waals surface area (Å²) in [6, 6.07) is 14.7. The predicted molar refractivity (Wildman–Crippen MR) is 82.3 cm³/mol. The van der Waals surface area contributed by atoms with Gasteiger partial charge in [0, 0.05) is 9.86 Å². The summed E-state index contributed by atoms with van der Waals surface area (Å²) in [7, 11) is 0. The van der Waals surface area contributed by atoms with Crippen molar-refractivity contribution in [2.45, 2.75) is 0 Å². The molecule has 3 aromatic rings. The van der Waals surface area contributed by atoms with E-state index in [1.54, 1.807) is 6.20 Å². The summed E-state index contributed by atoms with van der Waals surface area (Å²) in [5.41, 5.74) is 4.17. The lowest BCUT2D eigenvalue weighted by molar-refractivity contribution is 0.259. The van der Waals surface area contributed by atoms with Crippen LogP contribution in [0.4, 0.5) is 10.5 Å². The molecule has 1 heterocycles. The highest BCUT2D eigenvalue weighted by molar-refractivity contribution is 9.10. The minimum absolute atomic E-state index is 0.357. The second-order valence-electron chi connectivity index (χ2n) is 4.18. The van der Waals surface area contributed by atoms with Gasteiger partial charge in [-0.25, -0.2) is 10.2 Å². The largest absolute Gasteiger partial charge is 0.339 e. The maximum absolute atomic E-state index is 11.9. The third-order valence-corrected chi connectivity index (χ3v) is 3.44. The van der Waals surface area contributed by atoms with Crippen LogP contribution < -0.4 is 10.7 Å². The first-order valence-corrected chi connectivity index (χ1v) is 6.78. The fraction of sp³-hybridized carbons (Fsp3) is 0. The number of aromatic nitrogens is 2. The van der Waals surface area contributed by atoms with Gasteiger partial charge >= 0.3 is 6.03 Å². The van der Waals surface area contributed by atoms with Crippen molar-refractivity contribution in [2.75, 3.05) is 10.7 Å². The van der Waals surface area contributed by atoms with E-state index in [-0.39, 0.29) is 6.03 Å². The predicted octanol–water partition coefficient (Wildman–Crippen LogP) is 3.57. The van der Waals surface area contributed by atoms with Gasteiger partial charge in [-0.05, 0) is 34.1 Å². The van der Waals surface area contributed by atoms with E-state index in [1.807, 2.05) is 48.5 Å². The number of hydrogen-bond donors (Lipinski definition) is 2. The lowest BCUT2D eigenvalue weighted by Gasteiger charge is -2.08. The maximum atomic E-state index is 11.9.